The second-order valence-corrected chi connectivity index (χ2v) is 4.22. The number of carbonyl (C=O) groups excluding carboxylic acids is 1. The van der Waals surface area contributed by atoms with E-state index in [2.05, 4.69) is 24.1 Å². The first-order chi connectivity index (χ1) is 7.61. The zero-order valence-electron chi connectivity index (χ0n) is 11.3. The highest BCUT2D eigenvalue weighted by molar-refractivity contribution is 5.75. The van der Waals surface area contributed by atoms with Crippen LogP contribution in [0.2, 0.25) is 0 Å². The summed E-state index contributed by atoms with van der Waals surface area (Å²) >= 11 is 0. The minimum atomic E-state index is 0.188. The number of hydrogen-bond acceptors (Lipinski definition) is 3. The molecule has 96 valence electrons. The minimum Gasteiger partial charge on any atom is -0.349 e. The van der Waals surface area contributed by atoms with Gasteiger partial charge in [-0.1, -0.05) is 13.8 Å². The molecule has 0 bridgehead atoms. The number of amides is 1. The summed E-state index contributed by atoms with van der Waals surface area (Å²) < 4.78 is 0. The topological polar surface area (TPSA) is 35.6 Å². The van der Waals surface area contributed by atoms with Gasteiger partial charge in [0.2, 0.25) is 5.91 Å². The van der Waals surface area contributed by atoms with Crippen molar-refractivity contribution in [2.24, 2.45) is 0 Å². The van der Waals surface area contributed by atoms with Crippen LogP contribution in [0.1, 0.15) is 26.7 Å². The molecule has 16 heavy (non-hydrogen) atoms. The molecule has 0 fully saturated rings. The Kier molecular flexibility index (Phi) is 9.24. The van der Waals surface area contributed by atoms with E-state index in [1.54, 1.807) is 19.0 Å². The van der Waals surface area contributed by atoms with Gasteiger partial charge in [-0.25, -0.2) is 0 Å². The van der Waals surface area contributed by atoms with Crippen LogP contribution < -0.4 is 5.32 Å². The molecule has 0 atom stereocenters. The van der Waals surface area contributed by atoms with Gasteiger partial charge in [-0.15, -0.1) is 0 Å². The van der Waals surface area contributed by atoms with Crippen LogP contribution in [0.15, 0.2) is 0 Å². The van der Waals surface area contributed by atoms with Crippen LogP contribution in [0, 0.1) is 0 Å². The van der Waals surface area contributed by atoms with Gasteiger partial charge in [0.05, 0.1) is 0 Å². The lowest BCUT2D eigenvalue weighted by atomic mass is 10.3. The lowest BCUT2D eigenvalue weighted by Crippen LogP contribution is -2.34. The number of likely N-dealkylation sites (N-methyl/N-ethyl adjacent to an activating group) is 1. The third-order valence-electron chi connectivity index (χ3n) is 2.61. The summed E-state index contributed by atoms with van der Waals surface area (Å²) in [6, 6.07) is 0. The third kappa shape index (κ3) is 7.65. The summed E-state index contributed by atoms with van der Waals surface area (Å²) in [6.45, 7) is 9.47. The number of nitrogens with zero attached hydrogens (tertiary/aromatic N) is 2. The highest BCUT2D eigenvalue weighted by Gasteiger charge is 2.03. The summed E-state index contributed by atoms with van der Waals surface area (Å²) in [4.78, 5) is 15.3. The average Bonchev–Trinajstić information content (AvgIpc) is 2.26. The van der Waals surface area contributed by atoms with Crippen molar-refractivity contribution in [3.8, 4) is 0 Å². The normalized spacial score (nSPS) is 10.8. The summed E-state index contributed by atoms with van der Waals surface area (Å²) in [5.74, 6) is 0.188. The van der Waals surface area contributed by atoms with Gasteiger partial charge in [-0.2, -0.15) is 0 Å². The number of hydrogen-bond donors (Lipinski definition) is 1. The Balaban J connectivity index is 3.41. The van der Waals surface area contributed by atoms with Crippen LogP contribution in [-0.4, -0.2) is 62.5 Å². The molecule has 0 unspecified atom stereocenters. The fourth-order valence-electron chi connectivity index (χ4n) is 1.53. The third-order valence-corrected chi connectivity index (χ3v) is 2.61. The molecule has 4 heteroatoms. The summed E-state index contributed by atoms with van der Waals surface area (Å²) in [6.07, 6.45) is 1.79. The lowest BCUT2D eigenvalue weighted by Gasteiger charge is -2.19. The molecule has 0 heterocycles. The Hall–Kier alpha value is -0.610. The van der Waals surface area contributed by atoms with Crippen molar-refractivity contribution in [1.82, 2.24) is 15.1 Å². The largest absolute Gasteiger partial charge is 0.349 e. The quantitative estimate of drug-likeness (QED) is 0.594. The maximum atomic E-state index is 11.3. The molecule has 1 N–H and O–H groups in total. The molecule has 4 nitrogen and oxygen atoms in total. The molecule has 0 aromatic rings. The monoisotopic (exact) mass is 229 g/mol. The average molecular weight is 229 g/mol. The molecule has 0 aliphatic heterocycles. The lowest BCUT2D eigenvalue weighted by molar-refractivity contribution is -0.128. The van der Waals surface area contributed by atoms with E-state index in [0.717, 1.165) is 32.7 Å². The van der Waals surface area contributed by atoms with Crippen LogP contribution in [-0.2, 0) is 4.79 Å². The van der Waals surface area contributed by atoms with Gasteiger partial charge in [0, 0.05) is 40.2 Å². The van der Waals surface area contributed by atoms with Gasteiger partial charge >= 0.3 is 0 Å². The Morgan fingerprint density at radius 1 is 1.12 bits per heavy atom. The van der Waals surface area contributed by atoms with Crippen molar-refractivity contribution >= 4 is 5.91 Å². The van der Waals surface area contributed by atoms with E-state index in [-0.39, 0.29) is 5.91 Å². The Bertz CT molecular complexity index is 183. The molecule has 0 aromatic heterocycles. The van der Waals surface area contributed by atoms with Crippen LogP contribution in [0.5, 0.6) is 0 Å². The van der Waals surface area contributed by atoms with Crippen molar-refractivity contribution in [2.75, 3.05) is 46.8 Å². The first-order valence-corrected chi connectivity index (χ1v) is 6.25. The van der Waals surface area contributed by atoms with Gasteiger partial charge in [-0.05, 0) is 19.5 Å². The maximum Gasteiger partial charge on any atom is 0.223 e. The molecule has 0 spiro atoms. The predicted octanol–water partition coefficient (Wildman–Crippen LogP) is 0.786. The van der Waals surface area contributed by atoms with E-state index in [4.69, 9.17) is 0 Å². The van der Waals surface area contributed by atoms with Crippen molar-refractivity contribution < 1.29 is 4.79 Å². The summed E-state index contributed by atoms with van der Waals surface area (Å²) in [5.41, 5.74) is 0. The number of carbonyl (C=O) groups is 1. The predicted molar refractivity (Wildman–Crippen MR) is 68.6 cm³/mol. The molecule has 1 amide bonds. The van der Waals surface area contributed by atoms with Crippen LogP contribution in [0.25, 0.3) is 0 Å². The van der Waals surface area contributed by atoms with Crippen molar-refractivity contribution in [2.45, 2.75) is 26.7 Å². The van der Waals surface area contributed by atoms with E-state index in [9.17, 15) is 4.79 Å². The zero-order valence-corrected chi connectivity index (χ0v) is 11.3. The van der Waals surface area contributed by atoms with E-state index in [1.807, 2.05) is 0 Å². The Morgan fingerprint density at radius 2 is 1.81 bits per heavy atom. The fourth-order valence-corrected chi connectivity index (χ4v) is 1.53. The van der Waals surface area contributed by atoms with Gasteiger partial charge in [0.15, 0.2) is 0 Å². The maximum absolute atomic E-state index is 11.3. The van der Waals surface area contributed by atoms with E-state index in [0.29, 0.717) is 6.42 Å². The van der Waals surface area contributed by atoms with Crippen molar-refractivity contribution in [3.05, 3.63) is 0 Å². The summed E-state index contributed by atoms with van der Waals surface area (Å²) in [5, 5.41) is 3.31. The number of rotatable bonds is 9. The molecular weight excluding hydrogens is 202 g/mol. The second-order valence-electron chi connectivity index (χ2n) is 4.22. The van der Waals surface area contributed by atoms with E-state index in [1.165, 1.54) is 6.42 Å². The van der Waals surface area contributed by atoms with Gasteiger partial charge in [-0.3, -0.25) is 4.79 Å². The Morgan fingerprint density at radius 3 is 2.31 bits per heavy atom. The SMILES string of the molecule is CCCN(CC)CCNCCC(=O)N(C)C. The van der Waals surface area contributed by atoms with Crippen LogP contribution >= 0.6 is 0 Å². The molecule has 0 aliphatic carbocycles. The zero-order chi connectivity index (χ0) is 12.4. The molecule has 0 aliphatic rings. The number of nitrogens with one attached hydrogen (secondary N) is 1. The Labute approximate surface area is 100.0 Å². The minimum absolute atomic E-state index is 0.188. The smallest absolute Gasteiger partial charge is 0.223 e. The standard InChI is InChI=1S/C12H27N3O/c1-5-10-15(6-2)11-9-13-8-7-12(16)14(3)4/h13H,5-11H2,1-4H3. The second kappa shape index (κ2) is 9.60. The van der Waals surface area contributed by atoms with Gasteiger partial charge < -0.3 is 15.1 Å². The van der Waals surface area contributed by atoms with Crippen LogP contribution in [0.4, 0.5) is 0 Å². The van der Waals surface area contributed by atoms with Crippen LogP contribution in [0.3, 0.4) is 0 Å². The molecule has 0 saturated carbocycles. The first-order valence-electron chi connectivity index (χ1n) is 6.25. The molecule has 0 aromatic carbocycles. The first kappa shape index (κ1) is 15.4. The van der Waals surface area contributed by atoms with Crippen molar-refractivity contribution in [1.29, 1.82) is 0 Å². The molecule has 0 saturated heterocycles. The molecule has 0 rings (SSSR count). The molecular formula is C12H27N3O. The van der Waals surface area contributed by atoms with E-state index < -0.39 is 0 Å². The van der Waals surface area contributed by atoms with E-state index >= 15 is 0 Å². The fraction of sp³-hybridized carbons (Fsp3) is 0.917. The molecule has 0 radical (unpaired) electrons. The highest BCUT2D eigenvalue weighted by Crippen LogP contribution is 1.89. The van der Waals surface area contributed by atoms with Gasteiger partial charge in [0.1, 0.15) is 0 Å². The van der Waals surface area contributed by atoms with Crippen molar-refractivity contribution in [3.63, 3.8) is 0 Å². The highest BCUT2D eigenvalue weighted by atomic mass is 16.2. The summed E-state index contributed by atoms with van der Waals surface area (Å²) in [7, 11) is 3.59. The van der Waals surface area contributed by atoms with Gasteiger partial charge in [0.25, 0.3) is 0 Å².